The molecule has 1 N–H and O–H groups in total. The fourth-order valence-electron chi connectivity index (χ4n) is 2.90. The highest BCUT2D eigenvalue weighted by molar-refractivity contribution is 5.78. The molecule has 0 aliphatic carbocycles. The second-order valence-electron chi connectivity index (χ2n) is 5.88. The van der Waals surface area contributed by atoms with Gasteiger partial charge in [-0.15, -0.1) is 5.10 Å². The third kappa shape index (κ3) is 3.56. The highest BCUT2D eigenvalue weighted by Crippen LogP contribution is 2.18. The maximum Gasteiger partial charge on any atom is 0.278 e. The molecule has 23 heavy (non-hydrogen) atoms. The van der Waals surface area contributed by atoms with Gasteiger partial charge in [-0.25, -0.2) is 4.68 Å². The van der Waals surface area contributed by atoms with Gasteiger partial charge in [-0.05, 0) is 37.8 Å². The number of ether oxygens (including phenoxy) is 1. The van der Waals surface area contributed by atoms with Crippen LogP contribution in [0.3, 0.4) is 0 Å². The summed E-state index contributed by atoms with van der Waals surface area (Å²) in [6.07, 6.45) is 1.88. The van der Waals surface area contributed by atoms with Crippen molar-refractivity contribution in [2.45, 2.75) is 32.4 Å². The van der Waals surface area contributed by atoms with Crippen LogP contribution in [0.5, 0.6) is 0 Å². The number of aromatic nitrogens is 3. The van der Waals surface area contributed by atoms with Crippen molar-refractivity contribution in [3.63, 3.8) is 0 Å². The summed E-state index contributed by atoms with van der Waals surface area (Å²) in [4.78, 5) is 24.5. The minimum absolute atomic E-state index is 0.0514. The van der Waals surface area contributed by atoms with Gasteiger partial charge in [0.1, 0.15) is 12.1 Å². The summed E-state index contributed by atoms with van der Waals surface area (Å²) in [6, 6.07) is 7.02. The number of fused-ring (bicyclic) bond motifs is 1. The Labute approximate surface area is 133 Å². The second-order valence-corrected chi connectivity index (χ2v) is 5.88. The summed E-state index contributed by atoms with van der Waals surface area (Å²) >= 11 is 0. The van der Waals surface area contributed by atoms with Gasteiger partial charge in [0.2, 0.25) is 5.91 Å². The monoisotopic (exact) mass is 316 g/mol. The van der Waals surface area contributed by atoms with Gasteiger partial charge in [0.05, 0.1) is 5.39 Å². The van der Waals surface area contributed by atoms with Gasteiger partial charge < -0.3 is 10.1 Å². The quantitative estimate of drug-likeness (QED) is 0.898. The molecule has 0 radical (unpaired) electrons. The molecule has 1 saturated heterocycles. The lowest BCUT2D eigenvalue weighted by Gasteiger charge is -2.28. The van der Waals surface area contributed by atoms with Crippen LogP contribution in [-0.4, -0.2) is 40.2 Å². The average Bonchev–Trinajstić information content (AvgIpc) is 2.58. The SMILES string of the molecule is C[C@H](NC(=O)Cn1nnc2ccccc2c1=O)C1CCOCC1. The molecule has 1 aromatic carbocycles. The van der Waals surface area contributed by atoms with Crippen LogP contribution in [0, 0.1) is 5.92 Å². The minimum Gasteiger partial charge on any atom is -0.381 e. The number of carbonyl (C=O) groups excluding carboxylic acids is 1. The van der Waals surface area contributed by atoms with Crippen molar-refractivity contribution >= 4 is 16.8 Å². The van der Waals surface area contributed by atoms with Crippen molar-refractivity contribution in [2.75, 3.05) is 13.2 Å². The first kappa shape index (κ1) is 15.6. The third-order valence-electron chi connectivity index (χ3n) is 4.28. The second kappa shape index (κ2) is 6.87. The minimum atomic E-state index is -0.301. The molecule has 0 spiro atoms. The zero-order valence-corrected chi connectivity index (χ0v) is 13.1. The van der Waals surface area contributed by atoms with Crippen LogP contribution in [0.2, 0.25) is 0 Å². The predicted octanol–water partition coefficient (Wildman–Crippen LogP) is 0.723. The smallest absolute Gasteiger partial charge is 0.278 e. The summed E-state index contributed by atoms with van der Waals surface area (Å²) < 4.78 is 6.44. The molecule has 2 heterocycles. The molecule has 0 bridgehead atoms. The third-order valence-corrected chi connectivity index (χ3v) is 4.28. The number of nitrogens with zero attached hydrogens (tertiary/aromatic N) is 3. The van der Waals surface area contributed by atoms with Crippen LogP contribution in [0.4, 0.5) is 0 Å². The van der Waals surface area contributed by atoms with Gasteiger partial charge in [0.15, 0.2) is 0 Å². The van der Waals surface area contributed by atoms with E-state index in [1.54, 1.807) is 24.3 Å². The van der Waals surface area contributed by atoms with Crippen molar-refractivity contribution < 1.29 is 9.53 Å². The van der Waals surface area contributed by atoms with E-state index < -0.39 is 0 Å². The Morgan fingerprint density at radius 3 is 2.91 bits per heavy atom. The van der Waals surface area contributed by atoms with Crippen molar-refractivity contribution in [2.24, 2.45) is 5.92 Å². The van der Waals surface area contributed by atoms with E-state index in [9.17, 15) is 9.59 Å². The lowest BCUT2D eigenvalue weighted by molar-refractivity contribution is -0.123. The molecule has 1 atom stereocenters. The summed E-state index contributed by atoms with van der Waals surface area (Å²) in [6.45, 7) is 3.34. The highest BCUT2D eigenvalue weighted by Gasteiger charge is 2.22. The van der Waals surface area contributed by atoms with Crippen LogP contribution in [0.1, 0.15) is 19.8 Å². The molecule has 2 aromatic rings. The Kier molecular flexibility index (Phi) is 4.66. The van der Waals surface area contributed by atoms with E-state index in [4.69, 9.17) is 4.74 Å². The van der Waals surface area contributed by atoms with Gasteiger partial charge in [-0.2, -0.15) is 0 Å². The van der Waals surface area contributed by atoms with E-state index in [2.05, 4.69) is 15.6 Å². The van der Waals surface area contributed by atoms with E-state index in [1.165, 1.54) is 0 Å². The first-order valence-electron chi connectivity index (χ1n) is 7.85. The highest BCUT2D eigenvalue weighted by atomic mass is 16.5. The van der Waals surface area contributed by atoms with E-state index >= 15 is 0 Å². The molecular formula is C16H20N4O3. The van der Waals surface area contributed by atoms with Crippen LogP contribution in [-0.2, 0) is 16.1 Å². The van der Waals surface area contributed by atoms with Crippen LogP contribution in [0.15, 0.2) is 29.1 Å². The molecular weight excluding hydrogens is 296 g/mol. The van der Waals surface area contributed by atoms with Crippen LogP contribution >= 0.6 is 0 Å². The molecule has 3 rings (SSSR count). The molecule has 122 valence electrons. The van der Waals surface area contributed by atoms with E-state index in [-0.39, 0.29) is 24.1 Å². The molecule has 1 aliphatic rings. The molecule has 1 aromatic heterocycles. The fourth-order valence-corrected chi connectivity index (χ4v) is 2.90. The normalized spacial score (nSPS) is 17.1. The first-order valence-corrected chi connectivity index (χ1v) is 7.85. The van der Waals surface area contributed by atoms with Crippen molar-refractivity contribution in [1.82, 2.24) is 20.3 Å². The topological polar surface area (TPSA) is 86.1 Å². The van der Waals surface area contributed by atoms with Gasteiger partial charge in [0, 0.05) is 19.3 Å². The van der Waals surface area contributed by atoms with E-state index in [1.807, 2.05) is 6.92 Å². The largest absolute Gasteiger partial charge is 0.381 e. The van der Waals surface area contributed by atoms with E-state index in [0.29, 0.717) is 16.8 Å². The van der Waals surface area contributed by atoms with Crippen LogP contribution in [0.25, 0.3) is 10.9 Å². The molecule has 1 aliphatic heterocycles. The number of hydrogen-bond donors (Lipinski definition) is 1. The van der Waals surface area contributed by atoms with Gasteiger partial charge in [0.25, 0.3) is 5.56 Å². The maximum atomic E-state index is 12.3. The molecule has 7 nitrogen and oxygen atoms in total. The van der Waals surface area contributed by atoms with Crippen LogP contribution < -0.4 is 10.9 Å². The number of amides is 1. The number of rotatable bonds is 4. The summed E-state index contributed by atoms with van der Waals surface area (Å²) in [7, 11) is 0. The summed E-state index contributed by atoms with van der Waals surface area (Å²) in [5.41, 5.74) is 0.231. The average molecular weight is 316 g/mol. The number of nitrogens with one attached hydrogen (secondary N) is 1. The van der Waals surface area contributed by atoms with Crippen molar-refractivity contribution in [1.29, 1.82) is 0 Å². The summed E-state index contributed by atoms with van der Waals surface area (Å²) in [5.74, 6) is 0.183. The molecule has 0 unspecified atom stereocenters. The maximum absolute atomic E-state index is 12.3. The number of hydrogen-bond acceptors (Lipinski definition) is 5. The molecule has 1 fully saturated rings. The van der Waals surface area contributed by atoms with Gasteiger partial charge in [-0.3, -0.25) is 9.59 Å². The Balaban J connectivity index is 1.68. The van der Waals surface area contributed by atoms with Gasteiger partial charge in [-0.1, -0.05) is 17.3 Å². The molecule has 7 heteroatoms. The summed E-state index contributed by atoms with van der Waals surface area (Å²) in [5, 5.41) is 11.2. The van der Waals surface area contributed by atoms with Gasteiger partial charge >= 0.3 is 0 Å². The lowest BCUT2D eigenvalue weighted by Crippen LogP contribution is -2.43. The number of carbonyl (C=O) groups is 1. The van der Waals surface area contributed by atoms with Crippen molar-refractivity contribution in [3.8, 4) is 0 Å². The Hall–Kier alpha value is -2.28. The molecule has 1 amide bonds. The fraction of sp³-hybridized carbons (Fsp3) is 0.500. The zero-order chi connectivity index (χ0) is 16.2. The lowest BCUT2D eigenvalue weighted by atomic mass is 9.93. The molecule has 0 saturated carbocycles. The van der Waals surface area contributed by atoms with Crippen molar-refractivity contribution in [3.05, 3.63) is 34.6 Å². The Morgan fingerprint density at radius 2 is 2.13 bits per heavy atom. The Bertz CT molecular complexity index is 752. The zero-order valence-electron chi connectivity index (χ0n) is 13.1. The van der Waals surface area contributed by atoms with E-state index in [0.717, 1.165) is 30.7 Å². The number of benzene rings is 1. The standard InChI is InChI=1S/C16H20N4O3/c1-11(12-6-8-23-9-7-12)17-15(21)10-20-16(22)13-4-2-3-5-14(13)18-19-20/h2-5,11-12H,6-10H2,1H3,(H,17,21)/t11-/m0/s1. The predicted molar refractivity (Wildman–Crippen MR) is 84.9 cm³/mol. The first-order chi connectivity index (χ1) is 11.1. The Morgan fingerprint density at radius 1 is 1.39 bits per heavy atom.